The molecule has 0 radical (unpaired) electrons. The number of hydrogen-bond acceptors (Lipinski definition) is 7. The summed E-state index contributed by atoms with van der Waals surface area (Å²) in [5, 5.41) is 2.96. The highest BCUT2D eigenvalue weighted by Crippen LogP contribution is 2.33. The summed E-state index contributed by atoms with van der Waals surface area (Å²) in [5.74, 6) is -0.867. The van der Waals surface area contributed by atoms with Crippen molar-refractivity contribution in [2.24, 2.45) is 0 Å². The van der Waals surface area contributed by atoms with Crippen LogP contribution in [-0.2, 0) is 19.4 Å². The zero-order valence-electron chi connectivity index (χ0n) is 14.2. The predicted octanol–water partition coefficient (Wildman–Crippen LogP) is 1.16. The van der Waals surface area contributed by atoms with Crippen molar-refractivity contribution in [3.8, 4) is 5.75 Å². The summed E-state index contributed by atoms with van der Waals surface area (Å²) in [6.07, 6.45) is 2.90. The third-order valence-electron chi connectivity index (χ3n) is 3.88. The molecular formula is C17H16N2O6S2. The van der Waals surface area contributed by atoms with Crippen molar-refractivity contribution in [1.82, 2.24) is 10.2 Å². The minimum atomic E-state index is -3.31. The van der Waals surface area contributed by atoms with Crippen LogP contribution >= 0.6 is 11.8 Å². The van der Waals surface area contributed by atoms with E-state index in [-0.39, 0.29) is 10.7 Å². The maximum atomic E-state index is 12.5. The van der Waals surface area contributed by atoms with Gasteiger partial charge in [0.15, 0.2) is 9.84 Å². The second-order valence-electron chi connectivity index (χ2n) is 5.84. The number of carbonyl (C=O) groups excluding carboxylic acids is 3. The van der Waals surface area contributed by atoms with Gasteiger partial charge in [-0.25, -0.2) is 8.42 Å². The van der Waals surface area contributed by atoms with Crippen molar-refractivity contribution in [3.63, 3.8) is 0 Å². The van der Waals surface area contributed by atoms with E-state index in [0.717, 1.165) is 22.1 Å². The SMILES string of the molecule is COc1ccccc1/C=C1/SC(=O)N(CC(=O)N[C@@H]2C=CS(=O)(=O)C2)C1=O. The normalized spacial score (nSPS) is 22.5. The molecule has 0 unspecified atom stereocenters. The smallest absolute Gasteiger partial charge is 0.294 e. The fourth-order valence-electron chi connectivity index (χ4n) is 2.62. The zero-order valence-corrected chi connectivity index (χ0v) is 15.9. The molecule has 0 spiro atoms. The third-order valence-corrected chi connectivity index (χ3v) is 6.18. The molecule has 2 aliphatic heterocycles. The molecule has 0 aliphatic carbocycles. The second kappa shape index (κ2) is 7.57. The number of amides is 3. The number of benzene rings is 1. The number of nitrogens with zero attached hydrogens (tertiary/aromatic N) is 1. The van der Waals surface area contributed by atoms with Crippen LogP contribution in [0.4, 0.5) is 4.79 Å². The van der Waals surface area contributed by atoms with Crippen molar-refractivity contribution in [2.45, 2.75) is 6.04 Å². The minimum Gasteiger partial charge on any atom is -0.496 e. The summed E-state index contributed by atoms with van der Waals surface area (Å²) < 4.78 is 27.9. The molecule has 3 amide bonds. The molecule has 142 valence electrons. The fraction of sp³-hybridized carbons (Fsp3) is 0.235. The number of ether oxygens (including phenoxy) is 1. The summed E-state index contributed by atoms with van der Waals surface area (Å²) in [4.78, 5) is 37.7. The minimum absolute atomic E-state index is 0.181. The van der Waals surface area contributed by atoms with Crippen LogP contribution in [0.25, 0.3) is 6.08 Å². The van der Waals surface area contributed by atoms with Gasteiger partial charge in [0.2, 0.25) is 5.91 Å². The van der Waals surface area contributed by atoms with Crippen LogP contribution in [-0.4, -0.2) is 55.8 Å². The molecule has 0 saturated carbocycles. The van der Waals surface area contributed by atoms with Crippen molar-refractivity contribution in [3.05, 3.63) is 46.2 Å². The first kappa shape index (κ1) is 19.2. The molecule has 2 heterocycles. The summed E-state index contributed by atoms with van der Waals surface area (Å²) >= 11 is 0.733. The van der Waals surface area contributed by atoms with Crippen molar-refractivity contribution in [1.29, 1.82) is 0 Å². The van der Waals surface area contributed by atoms with Crippen LogP contribution in [0.5, 0.6) is 5.75 Å². The molecule has 8 nitrogen and oxygen atoms in total. The molecule has 1 aromatic carbocycles. The van der Waals surface area contributed by atoms with Gasteiger partial charge >= 0.3 is 0 Å². The number of carbonyl (C=O) groups is 3. The van der Waals surface area contributed by atoms with Gasteiger partial charge in [-0.2, -0.15) is 0 Å². The quantitative estimate of drug-likeness (QED) is 0.728. The highest BCUT2D eigenvalue weighted by Gasteiger charge is 2.37. The number of rotatable bonds is 5. The molecule has 2 aliphatic rings. The maximum Gasteiger partial charge on any atom is 0.294 e. The van der Waals surface area contributed by atoms with E-state index < -0.39 is 39.5 Å². The summed E-state index contributed by atoms with van der Waals surface area (Å²) in [6.45, 7) is -0.474. The van der Waals surface area contributed by atoms with Gasteiger partial charge in [-0.1, -0.05) is 18.2 Å². The largest absolute Gasteiger partial charge is 0.496 e. The van der Waals surface area contributed by atoms with Gasteiger partial charge in [0.25, 0.3) is 11.1 Å². The molecule has 27 heavy (non-hydrogen) atoms. The van der Waals surface area contributed by atoms with E-state index in [1.807, 2.05) is 0 Å². The zero-order chi connectivity index (χ0) is 19.6. The Balaban J connectivity index is 1.68. The summed E-state index contributed by atoms with van der Waals surface area (Å²) in [6, 6.07) is 6.37. The number of sulfone groups is 1. The summed E-state index contributed by atoms with van der Waals surface area (Å²) in [5.41, 5.74) is 0.635. The number of methoxy groups -OCH3 is 1. The molecule has 0 bridgehead atoms. The summed E-state index contributed by atoms with van der Waals surface area (Å²) in [7, 11) is -1.81. The van der Waals surface area contributed by atoms with Gasteiger partial charge in [-0.3, -0.25) is 19.3 Å². The predicted molar refractivity (Wildman–Crippen MR) is 101 cm³/mol. The van der Waals surface area contributed by atoms with E-state index >= 15 is 0 Å². The van der Waals surface area contributed by atoms with Gasteiger partial charge in [0, 0.05) is 11.0 Å². The van der Waals surface area contributed by atoms with Crippen LogP contribution in [0.3, 0.4) is 0 Å². The van der Waals surface area contributed by atoms with Gasteiger partial charge in [-0.15, -0.1) is 0 Å². The number of thioether (sulfide) groups is 1. The fourth-order valence-corrected chi connectivity index (χ4v) is 4.69. The lowest BCUT2D eigenvalue weighted by Gasteiger charge is -2.14. The lowest BCUT2D eigenvalue weighted by Crippen LogP contribution is -2.43. The Bertz CT molecular complexity index is 967. The van der Waals surface area contributed by atoms with E-state index in [0.29, 0.717) is 11.3 Å². The van der Waals surface area contributed by atoms with Crippen molar-refractivity contribution in [2.75, 3.05) is 19.4 Å². The lowest BCUT2D eigenvalue weighted by molar-refractivity contribution is -0.129. The van der Waals surface area contributed by atoms with E-state index in [2.05, 4.69) is 5.32 Å². The number of imide groups is 1. The Kier molecular flexibility index (Phi) is 5.38. The van der Waals surface area contributed by atoms with Gasteiger partial charge in [0.1, 0.15) is 12.3 Å². The average Bonchev–Trinajstić information content (AvgIpc) is 3.08. The Labute approximate surface area is 160 Å². The first-order valence-electron chi connectivity index (χ1n) is 7.88. The van der Waals surface area contributed by atoms with E-state index in [9.17, 15) is 22.8 Å². The number of nitrogens with one attached hydrogen (secondary N) is 1. The van der Waals surface area contributed by atoms with E-state index in [1.165, 1.54) is 19.3 Å². The average molecular weight is 408 g/mol. The molecule has 3 rings (SSSR count). The molecule has 1 atom stereocenters. The highest BCUT2D eigenvalue weighted by molar-refractivity contribution is 8.18. The third kappa shape index (κ3) is 4.40. The lowest BCUT2D eigenvalue weighted by atomic mass is 10.2. The van der Waals surface area contributed by atoms with Crippen molar-refractivity contribution < 1.29 is 27.5 Å². The molecule has 1 N–H and O–H groups in total. The topological polar surface area (TPSA) is 110 Å². The van der Waals surface area contributed by atoms with Crippen LogP contribution in [0.2, 0.25) is 0 Å². The Hall–Kier alpha value is -2.59. The number of para-hydroxylation sites is 1. The highest BCUT2D eigenvalue weighted by atomic mass is 32.2. The molecule has 1 saturated heterocycles. The Morgan fingerprint density at radius 1 is 1.37 bits per heavy atom. The van der Waals surface area contributed by atoms with Gasteiger partial charge < -0.3 is 10.1 Å². The van der Waals surface area contributed by atoms with Crippen LogP contribution in [0.15, 0.2) is 40.7 Å². The van der Waals surface area contributed by atoms with E-state index in [4.69, 9.17) is 4.74 Å². The Morgan fingerprint density at radius 2 is 2.11 bits per heavy atom. The maximum absolute atomic E-state index is 12.5. The molecule has 10 heteroatoms. The van der Waals surface area contributed by atoms with E-state index in [1.54, 1.807) is 24.3 Å². The van der Waals surface area contributed by atoms with Gasteiger partial charge in [-0.05, 0) is 30.0 Å². The molecular weight excluding hydrogens is 392 g/mol. The molecule has 1 fully saturated rings. The monoisotopic (exact) mass is 408 g/mol. The second-order valence-corrected chi connectivity index (χ2v) is 8.77. The molecule has 0 aromatic heterocycles. The first-order chi connectivity index (χ1) is 12.8. The van der Waals surface area contributed by atoms with Crippen LogP contribution in [0, 0.1) is 0 Å². The molecule has 1 aromatic rings. The van der Waals surface area contributed by atoms with Crippen LogP contribution < -0.4 is 10.1 Å². The van der Waals surface area contributed by atoms with Crippen LogP contribution in [0.1, 0.15) is 5.56 Å². The number of hydrogen-bond donors (Lipinski definition) is 1. The van der Waals surface area contributed by atoms with Crippen molar-refractivity contribution >= 4 is 44.7 Å². The first-order valence-corrected chi connectivity index (χ1v) is 10.4. The van der Waals surface area contributed by atoms with Gasteiger partial charge in [0.05, 0.1) is 23.8 Å². The standard InChI is InChI=1S/C17H16N2O6S2/c1-25-13-5-3-2-4-11(13)8-14-16(21)19(17(22)26-14)9-15(20)18-12-6-7-27(23,24)10-12/h2-8,12H,9-10H2,1H3,(H,18,20)/b14-8+/t12-/m1/s1. The Morgan fingerprint density at radius 3 is 2.78 bits per heavy atom.